The number of thiazole rings is 1. The fourth-order valence-corrected chi connectivity index (χ4v) is 3.77. The molecule has 0 amide bonds. The molecule has 2 aromatic rings. The number of rotatable bonds is 2. The van der Waals surface area contributed by atoms with E-state index in [4.69, 9.17) is 10.7 Å². The van der Waals surface area contributed by atoms with Crippen LogP contribution in [0.3, 0.4) is 0 Å². The van der Waals surface area contributed by atoms with Crippen molar-refractivity contribution in [1.29, 1.82) is 0 Å². The second-order valence-corrected chi connectivity index (χ2v) is 6.20. The smallest absolute Gasteiger partial charge is 0.126 e. The van der Waals surface area contributed by atoms with Gasteiger partial charge >= 0.3 is 0 Å². The van der Waals surface area contributed by atoms with Gasteiger partial charge in [-0.15, -0.1) is 11.3 Å². The van der Waals surface area contributed by atoms with E-state index in [1.165, 1.54) is 11.3 Å². The molecule has 1 heterocycles. The molecule has 0 radical (unpaired) electrons. The summed E-state index contributed by atoms with van der Waals surface area (Å²) in [7, 11) is 0. The molecule has 2 nitrogen and oxygen atoms in total. The Morgan fingerprint density at radius 2 is 2.32 bits per heavy atom. The lowest BCUT2D eigenvalue weighted by molar-refractivity contribution is 0.554. The summed E-state index contributed by atoms with van der Waals surface area (Å²) in [6.45, 7) is 2.43. The number of aromatic nitrogens is 1. The Balaban J connectivity index is 2.02. The zero-order valence-electron chi connectivity index (χ0n) is 10.9. The maximum atomic E-state index is 13.6. The molecule has 0 aliphatic heterocycles. The van der Waals surface area contributed by atoms with E-state index in [2.05, 4.69) is 0 Å². The highest BCUT2D eigenvalue weighted by Crippen LogP contribution is 2.37. The number of nitrogens with zero attached hydrogens (tertiary/aromatic N) is 1. The molecule has 1 aliphatic rings. The van der Waals surface area contributed by atoms with Crippen LogP contribution < -0.4 is 5.73 Å². The molecule has 1 aromatic carbocycles. The van der Waals surface area contributed by atoms with Gasteiger partial charge < -0.3 is 5.73 Å². The van der Waals surface area contributed by atoms with E-state index in [1.54, 1.807) is 24.3 Å². The molecule has 0 fully saturated rings. The maximum Gasteiger partial charge on any atom is 0.126 e. The van der Waals surface area contributed by atoms with Crippen LogP contribution in [-0.2, 0) is 6.42 Å². The van der Waals surface area contributed by atoms with Crippen LogP contribution in [0.5, 0.6) is 0 Å². The molecule has 0 bridgehead atoms. The standard InChI is InChI=1S/C15H17FN2S/c1-9-5-6-10(7-12(9)16)15-18-14-11(8-17)3-2-4-13(14)19-15/h5-7,11H,2-4,8,17H2,1H3. The summed E-state index contributed by atoms with van der Waals surface area (Å²) in [5.74, 6) is 0.213. The van der Waals surface area contributed by atoms with Crippen molar-refractivity contribution in [3.8, 4) is 10.6 Å². The van der Waals surface area contributed by atoms with E-state index in [1.807, 2.05) is 12.1 Å². The van der Waals surface area contributed by atoms with Gasteiger partial charge in [0.05, 0.1) is 5.69 Å². The Bertz CT molecular complexity index is 606. The summed E-state index contributed by atoms with van der Waals surface area (Å²) < 4.78 is 13.6. The van der Waals surface area contributed by atoms with Crippen molar-refractivity contribution in [2.24, 2.45) is 5.73 Å². The number of hydrogen-bond acceptors (Lipinski definition) is 3. The second kappa shape index (κ2) is 5.02. The van der Waals surface area contributed by atoms with Crippen LogP contribution in [0.2, 0.25) is 0 Å². The average molecular weight is 276 g/mol. The minimum absolute atomic E-state index is 0.166. The summed E-state index contributed by atoms with van der Waals surface area (Å²) in [4.78, 5) is 6.05. The highest BCUT2D eigenvalue weighted by Gasteiger charge is 2.24. The number of hydrogen-bond donors (Lipinski definition) is 1. The summed E-state index contributed by atoms with van der Waals surface area (Å²) >= 11 is 1.69. The van der Waals surface area contributed by atoms with E-state index in [0.29, 0.717) is 18.0 Å². The molecule has 3 rings (SSSR count). The van der Waals surface area contributed by atoms with Crippen molar-refractivity contribution >= 4 is 11.3 Å². The minimum Gasteiger partial charge on any atom is -0.330 e. The first-order chi connectivity index (χ1) is 9.19. The minimum atomic E-state index is -0.166. The Morgan fingerprint density at radius 3 is 3.05 bits per heavy atom. The third-order valence-electron chi connectivity index (χ3n) is 3.77. The van der Waals surface area contributed by atoms with Gasteiger partial charge in [0.2, 0.25) is 0 Å². The van der Waals surface area contributed by atoms with Crippen LogP contribution in [0.4, 0.5) is 4.39 Å². The van der Waals surface area contributed by atoms with Gasteiger partial charge in [0, 0.05) is 22.9 Å². The number of nitrogens with two attached hydrogens (primary N) is 1. The van der Waals surface area contributed by atoms with Crippen molar-refractivity contribution in [3.63, 3.8) is 0 Å². The van der Waals surface area contributed by atoms with E-state index < -0.39 is 0 Å². The highest BCUT2D eigenvalue weighted by molar-refractivity contribution is 7.15. The van der Waals surface area contributed by atoms with Crippen molar-refractivity contribution in [1.82, 2.24) is 4.98 Å². The van der Waals surface area contributed by atoms with Crippen LogP contribution in [0.25, 0.3) is 10.6 Å². The van der Waals surface area contributed by atoms with Gasteiger partial charge in [-0.05, 0) is 37.8 Å². The van der Waals surface area contributed by atoms with Gasteiger partial charge in [-0.2, -0.15) is 0 Å². The van der Waals surface area contributed by atoms with Gasteiger partial charge in [0.15, 0.2) is 0 Å². The molecule has 0 spiro atoms. The summed E-state index contributed by atoms with van der Waals surface area (Å²) in [6.07, 6.45) is 3.38. The molecule has 0 saturated heterocycles. The zero-order valence-corrected chi connectivity index (χ0v) is 11.8. The molecule has 1 aromatic heterocycles. The van der Waals surface area contributed by atoms with Crippen molar-refractivity contribution in [2.75, 3.05) is 6.54 Å². The van der Waals surface area contributed by atoms with Gasteiger partial charge in [0.1, 0.15) is 10.8 Å². The maximum absolute atomic E-state index is 13.6. The van der Waals surface area contributed by atoms with Gasteiger partial charge in [0.25, 0.3) is 0 Å². The molecule has 1 atom stereocenters. The monoisotopic (exact) mass is 276 g/mol. The van der Waals surface area contributed by atoms with E-state index in [-0.39, 0.29) is 5.82 Å². The third kappa shape index (κ3) is 2.30. The van der Waals surface area contributed by atoms with Crippen LogP contribution in [-0.4, -0.2) is 11.5 Å². The normalized spacial score (nSPS) is 18.4. The van der Waals surface area contributed by atoms with Gasteiger partial charge in [-0.1, -0.05) is 12.1 Å². The molecule has 4 heteroatoms. The molecule has 19 heavy (non-hydrogen) atoms. The first-order valence-corrected chi connectivity index (χ1v) is 7.47. The molecular weight excluding hydrogens is 259 g/mol. The molecule has 2 N–H and O–H groups in total. The Labute approximate surface area is 116 Å². The summed E-state index contributed by atoms with van der Waals surface area (Å²) in [5.41, 5.74) is 8.51. The van der Waals surface area contributed by atoms with Crippen molar-refractivity contribution in [2.45, 2.75) is 32.1 Å². The van der Waals surface area contributed by atoms with Gasteiger partial charge in [-0.3, -0.25) is 0 Å². The fraction of sp³-hybridized carbons (Fsp3) is 0.400. The Kier molecular flexibility index (Phi) is 3.37. The molecule has 1 unspecified atom stereocenters. The van der Waals surface area contributed by atoms with Crippen molar-refractivity contribution < 1.29 is 4.39 Å². The van der Waals surface area contributed by atoms with Crippen LogP contribution >= 0.6 is 11.3 Å². The zero-order chi connectivity index (χ0) is 13.4. The number of aryl methyl sites for hydroxylation is 2. The number of halogens is 1. The number of benzene rings is 1. The molecule has 100 valence electrons. The summed E-state index contributed by atoms with van der Waals surface area (Å²) in [6, 6.07) is 5.34. The Hall–Kier alpha value is -1.26. The predicted molar refractivity (Wildman–Crippen MR) is 77.0 cm³/mol. The molecule has 1 aliphatic carbocycles. The molecule has 0 saturated carbocycles. The first kappa shape index (κ1) is 12.8. The molecular formula is C15H17FN2S. The fourth-order valence-electron chi connectivity index (χ4n) is 2.59. The average Bonchev–Trinajstić information content (AvgIpc) is 2.85. The van der Waals surface area contributed by atoms with Gasteiger partial charge in [-0.25, -0.2) is 9.37 Å². The Morgan fingerprint density at radius 1 is 1.47 bits per heavy atom. The highest BCUT2D eigenvalue weighted by atomic mass is 32.1. The lowest BCUT2D eigenvalue weighted by atomic mass is 9.91. The number of fused-ring (bicyclic) bond motifs is 1. The van der Waals surface area contributed by atoms with Crippen LogP contribution in [0.1, 0.15) is 34.9 Å². The van der Waals surface area contributed by atoms with E-state index in [9.17, 15) is 4.39 Å². The predicted octanol–water partition coefficient (Wildman–Crippen LogP) is 3.64. The van der Waals surface area contributed by atoms with Crippen molar-refractivity contribution in [3.05, 3.63) is 40.2 Å². The summed E-state index contributed by atoms with van der Waals surface area (Å²) in [5, 5.41) is 0.921. The van der Waals surface area contributed by atoms with Crippen LogP contribution in [0.15, 0.2) is 18.2 Å². The quantitative estimate of drug-likeness (QED) is 0.909. The lowest BCUT2D eigenvalue weighted by Gasteiger charge is -2.18. The SMILES string of the molecule is Cc1ccc(-c2nc3c(s2)CCCC3CN)cc1F. The van der Waals surface area contributed by atoms with E-state index >= 15 is 0 Å². The van der Waals surface area contributed by atoms with Crippen LogP contribution in [0, 0.1) is 12.7 Å². The largest absolute Gasteiger partial charge is 0.330 e. The topological polar surface area (TPSA) is 38.9 Å². The second-order valence-electron chi connectivity index (χ2n) is 5.12. The van der Waals surface area contributed by atoms with E-state index in [0.717, 1.165) is 29.1 Å². The third-order valence-corrected chi connectivity index (χ3v) is 4.95. The lowest BCUT2D eigenvalue weighted by Crippen LogP contribution is -2.17. The first-order valence-electron chi connectivity index (χ1n) is 6.65.